The first-order valence-corrected chi connectivity index (χ1v) is 4.45. The van der Waals surface area contributed by atoms with Crippen LogP contribution in [-0.4, -0.2) is 36.7 Å². The maximum absolute atomic E-state index is 11.1. The highest BCUT2D eigenvalue weighted by molar-refractivity contribution is 5.69. The van der Waals surface area contributed by atoms with Crippen LogP contribution >= 0.6 is 0 Å². The summed E-state index contributed by atoms with van der Waals surface area (Å²) in [5.74, 6) is -0.220. The van der Waals surface area contributed by atoms with Crippen molar-refractivity contribution >= 4 is 5.97 Å². The molecule has 0 spiro atoms. The summed E-state index contributed by atoms with van der Waals surface area (Å²) in [6.45, 7) is 5.38. The Morgan fingerprint density at radius 1 is 1.54 bits per heavy atom. The topological polar surface area (TPSA) is 55.6 Å². The Labute approximate surface area is 80.0 Å². The Morgan fingerprint density at radius 2 is 2.00 bits per heavy atom. The van der Waals surface area contributed by atoms with Crippen molar-refractivity contribution in [2.45, 2.75) is 39.0 Å². The van der Waals surface area contributed by atoms with Crippen molar-refractivity contribution in [3.63, 3.8) is 0 Å². The molecule has 0 aromatic rings. The van der Waals surface area contributed by atoms with Gasteiger partial charge in [0.2, 0.25) is 0 Å². The summed E-state index contributed by atoms with van der Waals surface area (Å²) >= 11 is 0. The molecule has 0 heterocycles. The van der Waals surface area contributed by atoms with E-state index in [1.54, 1.807) is 6.92 Å². The molecule has 0 saturated heterocycles. The van der Waals surface area contributed by atoms with Crippen molar-refractivity contribution in [3.05, 3.63) is 0 Å². The van der Waals surface area contributed by atoms with Crippen LogP contribution in [0.1, 0.15) is 27.2 Å². The molecule has 1 atom stereocenters. The molecule has 0 bridgehead atoms. The Morgan fingerprint density at radius 3 is 2.31 bits per heavy atom. The second kappa shape index (κ2) is 4.58. The molecular formula is C9H20N2O2. The van der Waals surface area contributed by atoms with Crippen molar-refractivity contribution in [1.29, 1.82) is 0 Å². The lowest BCUT2D eigenvalue weighted by Crippen LogP contribution is -2.54. The number of esters is 1. The van der Waals surface area contributed by atoms with Crippen LogP contribution in [-0.2, 0) is 9.53 Å². The summed E-state index contributed by atoms with van der Waals surface area (Å²) in [4.78, 5) is 12.9. The number of carbonyl (C=O) groups excluding carboxylic acids is 1. The minimum absolute atomic E-state index is 0.220. The molecule has 4 nitrogen and oxygen atoms in total. The number of rotatable bonds is 4. The first-order chi connectivity index (χ1) is 5.81. The van der Waals surface area contributed by atoms with Gasteiger partial charge >= 0.3 is 5.97 Å². The van der Waals surface area contributed by atoms with Gasteiger partial charge in [0.25, 0.3) is 0 Å². The number of ether oxygens (including phenoxy) is 1. The highest BCUT2D eigenvalue weighted by Crippen LogP contribution is 2.15. The van der Waals surface area contributed by atoms with Gasteiger partial charge < -0.3 is 10.5 Å². The molecule has 0 aromatic carbocycles. The summed E-state index contributed by atoms with van der Waals surface area (Å²) in [6, 6.07) is 0. The minimum Gasteiger partial charge on any atom is -0.457 e. The zero-order chi connectivity index (χ0) is 10.6. The average molecular weight is 188 g/mol. The molecule has 0 rings (SSSR count). The number of hydrogen-bond acceptors (Lipinski definition) is 4. The fraction of sp³-hybridized carbons (Fsp3) is 0.889. The smallest absolute Gasteiger partial charge is 0.306 e. The van der Waals surface area contributed by atoms with E-state index in [1.807, 2.05) is 32.8 Å². The third-order valence-electron chi connectivity index (χ3n) is 1.93. The van der Waals surface area contributed by atoms with E-state index in [2.05, 4.69) is 0 Å². The molecule has 78 valence electrons. The van der Waals surface area contributed by atoms with Gasteiger partial charge in [-0.25, -0.2) is 0 Å². The van der Waals surface area contributed by atoms with Crippen LogP contribution in [0.3, 0.4) is 0 Å². The van der Waals surface area contributed by atoms with E-state index in [0.29, 0.717) is 6.42 Å². The SMILES string of the molecule is CCC(=O)OC(C)(C)C(N)N(C)C. The van der Waals surface area contributed by atoms with E-state index in [1.165, 1.54) is 0 Å². The molecule has 0 aliphatic rings. The highest BCUT2D eigenvalue weighted by Gasteiger charge is 2.31. The number of hydrogen-bond donors (Lipinski definition) is 1. The Kier molecular flexibility index (Phi) is 4.36. The molecule has 2 N–H and O–H groups in total. The maximum atomic E-state index is 11.1. The fourth-order valence-electron chi connectivity index (χ4n) is 1.05. The van der Waals surface area contributed by atoms with E-state index < -0.39 is 5.60 Å². The van der Waals surface area contributed by atoms with Gasteiger partial charge in [-0.3, -0.25) is 9.69 Å². The lowest BCUT2D eigenvalue weighted by Gasteiger charge is -2.35. The molecule has 0 aliphatic heterocycles. The molecule has 0 amide bonds. The second-order valence-corrected chi connectivity index (χ2v) is 3.84. The minimum atomic E-state index is -0.642. The zero-order valence-electron chi connectivity index (χ0n) is 9.13. The number of nitrogens with zero attached hydrogens (tertiary/aromatic N) is 1. The third-order valence-corrected chi connectivity index (χ3v) is 1.93. The van der Waals surface area contributed by atoms with E-state index in [0.717, 1.165) is 0 Å². The van der Waals surface area contributed by atoms with Crippen LogP contribution < -0.4 is 5.73 Å². The number of carbonyl (C=O) groups is 1. The fourth-order valence-corrected chi connectivity index (χ4v) is 1.05. The number of nitrogens with two attached hydrogens (primary N) is 1. The van der Waals surface area contributed by atoms with Crippen LogP contribution in [0.2, 0.25) is 0 Å². The van der Waals surface area contributed by atoms with Crippen LogP contribution in [0, 0.1) is 0 Å². The predicted octanol–water partition coefficient (Wildman–Crippen LogP) is 0.565. The Bertz CT molecular complexity index is 178. The molecular weight excluding hydrogens is 168 g/mol. The summed E-state index contributed by atoms with van der Waals surface area (Å²) in [7, 11) is 3.71. The van der Waals surface area contributed by atoms with Gasteiger partial charge in [-0.15, -0.1) is 0 Å². The lowest BCUT2D eigenvalue weighted by atomic mass is 10.1. The van der Waals surface area contributed by atoms with E-state index >= 15 is 0 Å². The van der Waals surface area contributed by atoms with Crippen molar-refractivity contribution in [2.24, 2.45) is 5.73 Å². The third kappa shape index (κ3) is 3.74. The summed E-state index contributed by atoms with van der Waals surface area (Å²) in [5.41, 5.74) is 5.20. The van der Waals surface area contributed by atoms with E-state index in [9.17, 15) is 4.79 Å². The molecule has 0 fully saturated rings. The molecule has 0 aliphatic carbocycles. The predicted molar refractivity (Wildman–Crippen MR) is 52.1 cm³/mol. The summed E-state index contributed by atoms with van der Waals surface area (Å²) in [6.07, 6.45) is 0.0897. The van der Waals surface area contributed by atoms with Crippen LogP contribution in [0.25, 0.3) is 0 Å². The van der Waals surface area contributed by atoms with E-state index in [-0.39, 0.29) is 12.1 Å². The largest absolute Gasteiger partial charge is 0.457 e. The first-order valence-electron chi connectivity index (χ1n) is 4.45. The van der Waals surface area contributed by atoms with Gasteiger partial charge in [0.05, 0.1) is 6.17 Å². The quantitative estimate of drug-likeness (QED) is 0.517. The standard InChI is InChI=1S/C9H20N2O2/c1-6-7(12)13-9(2,3)8(10)11(4)5/h8H,6,10H2,1-5H3. The van der Waals surface area contributed by atoms with Crippen molar-refractivity contribution < 1.29 is 9.53 Å². The molecule has 0 radical (unpaired) electrons. The van der Waals surface area contributed by atoms with Crippen LogP contribution in [0.15, 0.2) is 0 Å². The van der Waals surface area contributed by atoms with Gasteiger partial charge in [-0.1, -0.05) is 6.92 Å². The van der Waals surface area contributed by atoms with Gasteiger partial charge in [0, 0.05) is 6.42 Å². The van der Waals surface area contributed by atoms with E-state index in [4.69, 9.17) is 10.5 Å². The Hall–Kier alpha value is -0.610. The van der Waals surface area contributed by atoms with Gasteiger partial charge in [0.15, 0.2) is 0 Å². The van der Waals surface area contributed by atoms with Crippen LogP contribution in [0.4, 0.5) is 0 Å². The lowest BCUT2D eigenvalue weighted by molar-refractivity contribution is -0.161. The molecule has 0 aromatic heterocycles. The van der Waals surface area contributed by atoms with Crippen molar-refractivity contribution in [2.75, 3.05) is 14.1 Å². The molecule has 1 unspecified atom stereocenters. The maximum Gasteiger partial charge on any atom is 0.306 e. The average Bonchev–Trinajstić information content (AvgIpc) is 2.01. The van der Waals surface area contributed by atoms with Gasteiger partial charge in [-0.2, -0.15) is 0 Å². The second-order valence-electron chi connectivity index (χ2n) is 3.84. The molecule has 13 heavy (non-hydrogen) atoms. The zero-order valence-corrected chi connectivity index (χ0v) is 9.13. The monoisotopic (exact) mass is 188 g/mol. The number of likely N-dealkylation sites (N-methyl/N-ethyl adjacent to an activating group) is 1. The molecule has 0 saturated carbocycles. The normalized spacial score (nSPS) is 14.4. The summed E-state index contributed by atoms with van der Waals surface area (Å²) in [5, 5.41) is 0. The van der Waals surface area contributed by atoms with Crippen molar-refractivity contribution in [3.8, 4) is 0 Å². The first kappa shape index (κ1) is 12.4. The van der Waals surface area contributed by atoms with Gasteiger partial charge in [0.1, 0.15) is 5.60 Å². The highest BCUT2D eigenvalue weighted by atomic mass is 16.6. The Balaban J connectivity index is 4.29. The van der Waals surface area contributed by atoms with Gasteiger partial charge in [-0.05, 0) is 27.9 Å². The van der Waals surface area contributed by atoms with Crippen molar-refractivity contribution in [1.82, 2.24) is 4.90 Å². The summed E-state index contributed by atoms with van der Waals surface area (Å²) < 4.78 is 5.20. The van der Waals surface area contributed by atoms with Crippen LogP contribution in [0.5, 0.6) is 0 Å². The molecule has 4 heteroatoms.